The average molecular weight is 414 g/mol. The number of hydrogen-bond donors (Lipinski definition) is 1. The number of ether oxygens (including phenoxy) is 1. The number of tetrazole rings is 1. The number of aromatic nitrogens is 6. The molecule has 0 aliphatic rings. The summed E-state index contributed by atoms with van der Waals surface area (Å²) in [4.78, 5) is 11.4. The first-order valence-corrected chi connectivity index (χ1v) is 10.3. The van der Waals surface area contributed by atoms with Crippen LogP contribution in [-0.2, 0) is 0 Å². The van der Waals surface area contributed by atoms with Crippen LogP contribution in [0.2, 0.25) is 0 Å². The van der Waals surface area contributed by atoms with Crippen LogP contribution in [0.1, 0.15) is 28.4 Å². The normalized spacial score (nSPS) is 12.4. The van der Waals surface area contributed by atoms with E-state index in [2.05, 4.69) is 27.4 Å². The molecule has 0 radical (unpaired) electrons. The minimum atomic E-state index is -0.0890. The third-order valence-electron chi connectivity index (χ3n) is 4.47. The first-order valence-electron chi connectivity index (χ1n) is 8.61. The van der Waals surface area contributed by atoms with Crippen molar-refractivity contribution in [3.8, 4) is 11.4 Å². The Balaban J connectivity index is 1.68. The van der Waals surface area contributed by atoms with Crippen LogP contribution in [0.5, 0.6) is 5.75 Å². The second-order valence-corrected chi connectivity index (χ2v) is 8.75. The highest BCUT2D eigenvalue weighted by Gasteiger charge is 2.21. The third-order valence-corrected chi connectivity index (χ3v) is 6.60. The van der Waals surface area contributed by atoms with Crippen LogP contribution < -0.4 is 10.5 Å². The highest BCUT2D eigenvalue weighted by atomic mass is 32.2. The van der Waals surface area contributed by atoms with E-state index in [1.165, 1.54) is 16.6 Å². The van der Waals surface area contributed by atoms with Crippen LogP contribution in [0.25, 0.3) is 15.9 Å². The zero-order chi connectivity index (χ0) is 19.8. The number of hydrogen-bond acceptors (Lipinski definition) is 9. The number of rotatable bonds is 5. The fraction of sp³-hybridized carbons (Fsp3) is 0.278. The molecule has 3 aromatic heterocycles. The van der Waals surface area contributed by atoms with Crippen LogP contribution in [0.3, 0.4) is 0 Å². The molecule has 0 amide bonds. The van der Waals surface area contributed by atoms with Crippen LogP contribution in [0, 0.1) is 13.8 Å². The summed E-state index contributed by atoms with van der Waals surface area (Å²) in [5.41, 5.74) is 8.14. The van der Waals surface area contributed by atoms with E-state index in [-0.39, 0.29) is 5.25 Å². The quantitative estimate of drug-likeness (QED) is 0.494. The molecule has 4 aromatic rings. The van der Waals surface area contributed by atoms with Crippen molar-refractivity contribution in [2.24, 2.45) is 0 Å². The van der Waals surface area contributed by atoms with Crippen LogP contribution in [-0.4, -0.2) is 37.3 Å². The Morgan fingerprint density at radius 2 is 2.00 bits per heavy atom. The van der Waals surface area contributed by atoms with Crippen molar-refractivity contribution in [1.82, 2.24) is 30.2 Å². The molecule has 8 nitrogen and oxygen atoms in total. The van der Waals surface area contributed by atoms with Gasteiger partial charge in [0.05, 0.1) is 17.7 Å². The molecule has 2 N–H and O–H groups in total. The van der Waals surface area contributed by atoms with Gasteiger partial charge >= 0.3 is 0 Å². The number of nitrogens with two attached hydrogens (primary N) is 1. The van der Waals surface area contributed by atoms with Crippen LogP contribution >= 0.6 is 23.1 Å². The van der Waals surface area contributed by atoms with E-state index < -0.39 is 0 Å². The smallest absolute Gasteiger partial charge is 0.214 e. The van der Waals surface area contributed by atoms with Crippen LogP contribution in [0.15, 0.2) is 29.4 Å². The lowest BCUT2D eigenvalue weighted by Crippen LogP contribution is -2.05. The van der Waals surface area contributed by atoms with Crippen molar-refractivity contribution in [2.45, 2.75) is 31.2 Å². The lowest BCUT2D eigenvalue weighted by atomic mass is 10.2. The number of para-hydroxylation sites is 2. The predicted octanol–water partition coefficient (Wildman–Crippen LogP) is 3.73. The minimum Gasteiger partial charge on any atom is -0.494 e. The molecule has 0 aliphatic heterocycles. The van der Waals surface area contributed by atoms with Gasteiger partial charge in [-0.3, -0.25) is 0 Å². The van der Waals surface area contributed by atoms with Crippen LogP contribution in [0.4, 0.5) is 5.82 Å². The SMILES string of the molecule is COc1ccccc1-n1nnnc1SC(C)c1nc(N)c2c(C)c(C)sc2n1. The zero-order valence-electron chi connectivity index (χ0n) is 15.9. The number of aryl methyl sites for hydroxylation is 2. The van der Waals surface area contributed by atoms with E-state index in [0.717, 1.165) is 21.5 Å². The summed E-state index contributed by atoms with van der Waals surface area (Å²) >= 11 is 3.10. The number of nitrogens with zero attached hydrogens (tertiary/aromatic N) is 6. The molecule has 0 bridgehead atoms. The largest absolute Gasteiger partial charge is 0.494 e. The van der Waals surface area contributed by atoms with E-state index in [1.807, 2.05) is 38.1 Å². The van der Waals surface area contributed by atoms with Crippen molar-refractivity contribution in [2.75, 3.05) is 12.8 Å². The monoisotopic (exact) mass is 413 g/mol. The van der Waals surface area contributed by atoms with Crippen molar-refractivity contribution >= 4 is 39.1 Å². The lowest BCUT2D eigenvalue weighted by molar-refractivity contribution is 0.410. The standard InChI is InChI=1S/C18H19N7OS2/c1-9-10(2)27-17-14(9)15(19)20-16(21-17)11(3)28-18-22-23-24-25(18)12-7-5-6-8-13(12)26-4/h5-8,11H,1-4H3,(H2,19,20,21). The molecular formula is C18H19N7OS2. The zero-order valence-corrected chi connectivity index (χ0v) is 17.5. The fourth-order valence-electron chi connectivity index (χ4n) is 2.90. The Morgan fingerprint density at radius 1 is 1.21 bits per heavy atom. The highest BCUT2D eigenvalue weighted by Crippen LogP contribution is 2.37. The van der Waals surface area contributed by atoms with Gasteiger partial charge in [-0.25, -0.2) is 9.97 Å². The fourth-order valence-corrected chi connectivity index (χ4v) is 4.79. The summed E-state index contributed by atoms with van der Waals surface area (Å²) in [6.07, 6.45) is 0. The number of anilines is 1. The predicted molar refractivity (Wildman–Crippen MR) is 111 cm³/mol. The van der Waals surface area contributed by atoms with Gasteiger partial charge in [-0.05, 0) is 48.9 Å². The van der Waals surface area contributed by atoms with E-state index in [9.17, 15) is 0 Å². The van der Waals surface area contributed by atoms with Gasteiger partial charge < -0.3 is 10.5 Å². The number of fused-ring (bicyclic) bond motifs is 1. The first kappa shape index (κ1) is 18.6. The Hall–Kier alpha value is -2.72. The van der Waals surface area contributed by atoms with Crippen molar-refractivity contribution in [3.63, 3.8) is 0 Å². The molecule has 3 heterocycles. The molecule has 1 aromatic carbocycles. The van der Waals surface area contributed by atoms with Gasteiger partial charge in [-0.15, -0.1) is 16.4 Å². The van der Waals surface area contributed by atoms with Crippen molar-refractivity contribution in [1.29, 1.82) is 0 Å². The molecular weight excluding hydrogens is 394 g/mol. The molecule has 28 heavy (non-hydrogen) atoms. The summed E-state index contributed by atoms with van der Waals surface area (Å²) < 4.78 is 7.08. The topological polar surface area (TPSA) is 105 Å². The van der Waals surface area contributed by atoms with E-state index in [1.54, 1.807) is 23.1 Å². The Morgan fingerprint density at radius 3 is 2.79 bits per heavy atom. The molecule has 0 saturated carbocycles. The van der Waals surface area contributed by atoms with E-state index in [4.69, 9.17) is 15.5 Å². The summed E-state index contributed by atoms with van der Waals surface area (Å²) in [6.45, 7) is 6.13. The summed E-state index contributed by atoms with van der Waals surface area (Å²) in [6, 6.07) is 7.59. The lowest BCUT2D eigenvalue weighted by Gasteiger charge is -2.12. The van der Waals surface area contributed by atoms with Crippen molar-refractivity contribution < 1.29 is 4.74 Å². The molecule has 1 unspecified atom stereocenters. The molecule has 10 heteroatoms. The van der Waals surface area contributed by atoms with Gasteiger partial charge in [0.1, 0.15) is 27.9 Å². The molecule has 1 atom stereocenters. The molecule has 0 saturated heterocycles. The summed E-state index contributed by atoms with van der Waals surface area (Å²) in [5, 5.41) is 13.6. The number of thiophene rings is 1. The molecule has 0 aliphatic carbocycles. The summed E-state index contributed by atoms with van der Waals surface area (Å²) in [7, 11) is 1.62. The minimum absolute atomic E-state index is 0.0890. The average Bonchev–Trinajstić information content (AvgIpc) is 3.26. The number of benzene rings is 1. The van der Waals surface area contributed by atoms with Gasteiger partial charge in [0.2, 0.25) is 5.16 Å². The first-order chi connectivity index (χ1) is 13.5. The van der Waals surface area contributed by atoms with Gasteiger partial charge in [-0.2, -0.15) is 4.68 Å². The van der Waals surface area contributed by atoms with Gasteiger partial charge in [0.25, 0.3) is 0 Å². The molecule has 0 fully saturated rings. The van der Waals surface area contributed by atoms with Gasteiger partial charge in [0, 0.05) is 4.88 Å². The highest BCUT2D eigenvalue weighted by molar-refractivity contribution is 7.99. The maximum Gasteiger partial charge on any atom is 0.214 e. The van der Waals surface area contributed by atoms with E-state index >= 15 is 0 Å². The number of nitrogen functional groups attached to an aromatic ring is 1. The Bertz CT molecular complexity index is 1150. The second kappa shape index (κ2) is 7.36. The van der Waals surface area contributed by atoms with Crippen molar-refractivity contribution in [3.05, 3.63) is 40.5 Å². The third kappa shape index (κ3) is 3.18. The van der Waals surface area contributed by atoms with Gasteiger partial charge in [0.15, 0.2) is 0 Å². The Kier molecular flexibility index (Phi) is 4.90. The molecule has 0 spiro atoms. The van der Waals surface area contributed by atoms with Gasteiger partial charge in [-0.1, -0.05) is 23.9 Å². The number of thioether (sulfide) groups is 1. The second-order valence-electron chi connectivity index (χ2n) is 6.24. The van der Waals surface area contributed by atoms with E-state index in [0.29, 0.717) is 22.5 Å². The maximum atomic E-state index is 6.23. The maximum absolute atomic E-state index is 6.23. The molecule has 144 valence electrons. The number of methoxy groups -OCH3 is 1. The molecule has 4 rings (SSSR count). The Labute approximate surface area is 170 Å². The summed E-state index contributed by atoms with van der Waals surface area (Å²) in [5.74, 6) is 1.86.